The van der Waals surface area contributed by atoms with Crippen LogP contribution < -0.4 is 55.3 Å². The predicted octanol–water partition coefficient (Wildman–Crippen LogP) is -4.62. The Labute approximate surface area is 362 Å². The normalized spacial score (nSPS) is 16.4. The third-order valence-electron chi connectivity index (χ3n) is 10.1. The van der Waals surface area contributed by atoms with Gasteiger partial charge in [-0.3, -0.25) is 43.3 Å². The molecule has 18 N–H and O–H groups in total. The van der Waals surface area contributed by atoms with Crippen LogP contribution in [0.1, 0.15) is 64.4 Å². The first-order valence-electron chi connectivity index (χ1n) is 20.3. The van der Waals surface area contributed by atoms with Crippen molar-refractivity contribution in [2.45, 2.75) is 108 Å². The third kappa shape index (κ3) is 15.5. The number of guanidine groups is 1. The van der Waals surface area contributed by atoms with Gasteiger partial charge in [-0.05, 0) is 56.1 Å². The maximum absolute atomic E-state index is 13.8. The molecule has 1 aromatic heterocycles. The first-order chi connectivity index (χ1) is 29.7. The molecule has 0 saturated carbocycles. The van der Waals surface area contributed by atoms with Gasteiger partial charge in [0.05, 0.1) is 25.5 Å². The summed E-state index contributed by atoms with van der Waals surface area (Å²) in [5.41, 5.74) is 29.1. The number of aliphatic hydroxyl groups is 1. The Hall–Kier alpha value is -6.82. The van der Waals surface area contributed by atoms with Crippen molar-refractivity contribution in [3.05, 3.63) is 36.0 Å². The first-order valence-corrected chi connectivity index (χ1v) is 20.3. The monoisotopic (exact) mass is 885 g/mol. The van der Waals surface area contributed by atoms with Crippen LogP contribution in [0, 0.1) is 5.92 Å². The quantitative estimate of drug-likeness (QED) is 0.0254. The SMILES string of the molecule is CC(C)C[C@H](NC(=O)[C@H](CC(N)=O)NC(=O)[C@@H]1CCCN1C(=O)[C@H](CO)NC(=O)[C@H](CC(N)=O)NC(=O)[C@@H](N)Cc1c[nH]c2ccccc12)C(=O)N[C@@H](CCCN=C(N)N)C(=O)O. The Morgan fingerprint density at radius 3 is 1.97 bits per heavy atom. The van der Waals surface area contributed by atoms with Crippen LogP contribution in [-0.2, 0) is 49.6 Å². The lowest BCUT2D eigenvalue weighted by molar-refractivity contribution is -0.144. The molecule has 63 heavy (non-hydrogen) atoms. The van der Waals surface area contributed by atoms with Gasteiger partial charge >= 0.3 is 5.97 Å². The fourth-order valence-electron chi connectivity index (χ4n) is 6.97. The highest BCUT2D eigenvalue weighted by Gasteiger charge is 2.40. The minimum absolute atomic E-state index is 0.0239. The maximum Gasteiger partial charge on any atom is 0.326 e. The Balaban J connectivity index is 1.70. The van der Waals surface area contributed by atoms with Gasteiger partial charge in [-0.2, -0.15) is 0 Å². The fourth-order valence-corrected chi connectivity index (χ4v) is 6.97. The van der Waals surface area contributed by atoms with Gasteiger partial charge in [0.25, 0.3) is 0 Å². The number of nitrogens with two attached hydrogens (primary N) is 5. The van der Waals surface area contributed by atoms with Crippen molar-refractivity contribution >= 4 is 70.1 Å². The standard InChI is InChI=1S/C39H59N13O11/c1-19(2)13-25(33(57)47-24(38(62)63)9-5-11-45-39(43)44)49-34(58)27(16-31(42)55)50-36(60)29-10-6-12-52(29)37(61)28(18-53)51-35(59)26(15-30(41)54)48-32(56)22(40)14-20-17-46-23-8-4-3-7-21(20)23/h3-4,7-8,17,19,22,24-29,46,53H,5-6,9-16,18,40H2,1-2H3,(H2,41,54)(H2,42,55)(H,47,57)(H,48,56)(H,49,58)(H,50,60)(H,51,59)(H,62,63)(H4,43,44,45)/t22-,24-,25-,26-,27-,28-,29-/m0/s1. The summed E-state index contributed by atoms with van der Waals surface area (Å²) in [5.74, 6) is -9.31. The van der Waals surface area contributed by atoms with Gasteiger partial charge in [0.2, 0.25) is 47.3 Å². The number of H-pyrrole nitrogens is 1. The molecule has 346 valence electrons. The Bertz CT molecular complexity index is 2020. The highest BCUT2D eigenvalue weighted by Crippen LogP contribution is 2.21. The van der Waals surface area contributed by atoms with Gasteiger partial charge in [0, 0.05) is 30.2 Å². The number of aromatic nitrogens is 1. The number of carbonyl (C=O) groups is 9. The van der Waals surface area contributed by atoms with Crippen LogP contribution in [0.25, 0.3) is 10.9 Å². The molecule has 2 heterocycles. The molecule has 0 unspecified atom stereocenters. The van der Waals surface area contributed by atoms with E-state index in [2.05, 4.69) is 36.6 Å². The second-order valence-corrected chi connectivity index (χ2v) is 15.6. The zero-order valence-electron chi connectivity index (χ0n) is 35.1. The van der Waals surface area contributed by atoms with Crippen molar-refractivity contribution in [2.24, 2.45) is 39.6 Å². The Morgan fingerprint density at radius 2 is 1.38 bits per heavy atom. The molecule has 3 rings (SSSR count). The van der Waals surface area contributed by atoms with Gasteiger partial charge in [-0.25, -0.2) is 4.79 Å². The van der Waals surface area contributed by atoms with Crippen LogP contribution in [0.15, 0.2) is 35.5 Å². The number of benzene rings is 1. The third-order valence-corrected chi connectivity index (χ3v) is 10.1. The number of carboxylic acids is 1. The Morgan fingerprint density at radius 1 is 0.810 bits per heavy atom. The number of aliphatic imine (C=N–C) groups is 1. The first kappa shape index (κ1) is 50.5. The van der Waals surface area contributed by atoms with Crippen molar-refractivity contribution in [3.8, 4) is 0 Å². The highest BCUT2D eigenvalue weighted by molar-refractivity contribution is 5.99. The zero-order valence-corrected chi connectivity index (χ0v) is 35.1. The molecule has 0 spiro atoms. The molecule has 7 atom stereocenters. The smallest absolute Gasteiger partial charge is 0.326 e. The lowest BCUT2D eigenvalue weighted by Gasteiger charge is -2.30. The average molecular weight is 886 g/mol. The molecule has 8 amide bonds. The van der Waals surface area contributed by atoms with E-state index in [4.69, 9.17) is 28.7 Å². The molecule has 2 aromatic rings. The van der Waals surface area contributed by atoms with Gasteiger partial charge in [-0.15, -0.1) is 0 Å². The second-order valence-electron chi connectivity index (χ2n) is 15.6. The van der Waals surface area contributed by atoms with Crippen LogP contribution >= 0.6 is 0 Å². The van der Waals surface area contributed by atoms with E-state index >= 15 is 0 Å². The predicted molar refractivity (Wildman–Crippen MR) is 226 cm³/mol. The molecule has 24 nitrogen and oxygen atoms in total. The van der Waals surface area contributed by atoms with E-state index in [1.807, 2.05) is 24.3 Å². The van der Waals surface area contributed by atoms with Crippen LogP contribution in [0.2, 0.25) is 0 Å². The second kappa shape index (κ2) is 24.0. The molecule has 24 heteroatoms. The summed E-state index contributed by atoms with van der Waals surface area (Å²) >= 11 is 0. The van der Waals surface area contributed by atoms with E-state index in [9.17, 15) is 53.4 Å². The fraction of sp³-hybridized carbons (Fsp3) is 0.538. The lowest BCUT2D eigenvalue weighted by atomic mass is 10.0. The zero-order chi connectivity index (χ0) is 47.0. The number of para-hydroxylation sites is 1. The number of hydrogen-bond acceptors (Lipinski definition) is 12. The van der Waals surface area contributed by atoms with Crippen molar-refractivity contribution in [3.63, 3.8) is 0 Å². The topological polar surface area (TPSA) is 416 Å². The van der Waals surface area contributed by atoms with E-state index < -0.39 is 115 Å². The summed E-state index contributed by atoms with van der Waals surface area (Å²) in [6.45, 7) is 2.57. The number of carboxylic acid groups (broad SMARTS) is 1. The van der Waals surface area contributed by atoms with Gasteiger partial charge < -0.3 is 75.3 Å². The molecule has 0 bridgehead atoms. The molecule has 1 fully saturated rings. The molecular formula is C39H59N13O11. The number of carbonyl (C=O) groups excluding carboxylic acids is 8. The number of hydrogen-bond donors (Lipinski definition) is 13. The van der Waals surface area contributed by atoms with Gasteiger partial charge in [0.15, 0.2) is 5.96 Å². The summed E-state index contributed by atoms with van der Waals surface area (Å²) in [6, 6.07) is -2.76. The molecule has 0 aliphatic carbocycles. The molecular weight excluding hydrogens is 827 g/mol. The number of fused-ring (bicyclic) bond motifs is 1. The molecule has 1 aromatic carbocycles. The molecule has 0 radical (unpaired) electrons. The van der Waals surface area contributed by atoms with E-state index in [1.54, 1.807) is 20.0 Å². The van der Waals surface area contributed by atoms with Gasteiger partial charge in [0.1, 0.15) is 36.3 Å². The largest absolute Gasteiger partial charge is 0.480 e. The highest BCUT2D eigenvalue weighted by atomic mass is 16.4. The molecule has 1 saturated heterocycles. The minimum Gasteiger partial charge on any atom is -0.480 e. The number of amides is 8. The van der Waals surface area contributed by atoms with Crippen molar-refractivity contribution in [1.29, 1.82) is 0 Å². The summed E-state index contributed by atoms with van der Waals surface area (Å²) in [4.78, 5) is 125. The van der Waals surface area contributed by atoms with Crippen LogP contribution in [0.3, 0.4) is 0 Å². The lowest BCUT2D eigenvalue weighted by Crippen LogP contribution is -2.60. The Kier molecular flexibility index (Phi) is 19.2. The number of aliphatic carboxylic acids is 1. The molecule has 1 aliphatic heterocycles. The maximum atomic E-state index is 13.8. The van der Waals surface area contributed by atoms with Crippen molar-refractivity contribution in [1.82, 2.24) is 36.5 Å². The van der Waals surface area contributed by atoms with Crippen molar-refractivity contribution in [2.75, 3.05) is 19.7 Å². The minimum atomic E-state index is -1.68. The summed E-state index contributed by atoms with van der Waals surface area (Å²) in [7, 11) is 0. The van der Waals surface area contributed by atoms with Crippen LogP contribution in [0.5, 0.6) is 0 Å². The number of nitrogens with one attached hydrogen (secondary N) is 6. The van der Waals surface area contributed by atoms with Crippen LogP contribution in [0.4, 0.5) is 0 Å². The average Bonchev–Trinajstić information content (AvgIpc) is 3.87. The number of aromatic amines is 1. The number of aliphatic hydroxyl groups excluding tert-OH is 1. The summed E-state index contributed by atoms with van der Waals surface area (Å²) in [5, 5.41) is 32.7. The molecule has 1 aliphatic rings. The van der Waals surface area contributed by atoms with Gasteiger partial charge in [-0.1, -0.05) is 32.0 Å². The van der Waals surface area contributed by atoms with E-state index in [0.717, 1.165) is 21.4 Å². The summed E-state index contributed by atoms with van der Waals surface area (Å²) in [6.07, 6.45) is 0.823. The van der Waals surface area contributed by atoms with Crippen molar-refractivity contribution < 1.29 is 53.4 Å². The number of primary amides is 2. The van der Waals surface area contributed by atoms with Crippen LogP contribution in [-0.4, -0.2) is 141 Å². The number of likely N-dealkylation sites (tertiary alicyclic amines) is 1. The van der Waals surface area contributed by atoms with E-state index in [1.165, 1.54) is 0 Å². The van der Waals surface area contributed by atoms with E-state index in [0.29, 0.717) is 0 Å². The number of rotatable bonds is 25. The summed E-state index contributed by atoms with van der Waals surface area (Å²) < 4.78 is 0. The van der Waals surface area contributed by atoms with E-state index in [-0.39, 0.29) is 63.5 Å². The number of nitrogens with zero attached hydrogens (tertiary/aromatic N) is 2.